The Morgan fingerprint density at radius 3 is 2.85 bits per heavy atom. The summed E-state index contributed by atoms with van der Waals surface area (Å²) in [7, 11) is 0. The van der Waals surface area contributed by atoms with Gasteiger partial charge in [-0.05, 0) is 39.7 Å². The highest BCUT2D eigenvalue weighted by Crippen LogP contribution is 2.23. The predicted octanol–water partition coefficient (Wildman–Crippen LogP) is 2.67. The van der Waals surface area contributed by atoms with E-state index >= 15 is 0 Å². The van der Waals surface area contributed by atoms with E-state index in [0.717, 1.165) is 37.3 Å². The van der Waals surface area contributed by atoms with Crippen molar-refractivity contribution in [1.82, 2.24) is 9.78 Å². The van der Waals surface area contributed by atoms with Gasteiger partial charge >= 0.3 is 5.97 Å². The van der Waals surface area contributed by atoms with E-state index in [1.54, 1.807) is 6.20 Å². The SMILES string of the molecule is CC(C)=CCOC(=O)c1cnn(C2CCOCC2)c1C. The first-order chi connectivity index (χ1) is 9.59. The van der Waals surface area contributed by atoms with Crippen LogP contribution in [0.2, 0.25) is 0 Å². The Morgan fingerprint density at radius 2 is 2.20 bits per heavy atom. The third-order valence-corrected chi connectivity index (χ3v) is 3.51. The lowest BCUT2D eigenvalue weighted by Gasteiger charge is -2.23. The minimum atomic E-state index is -0.307. The molecule has 0 atom stereocenters. The van der Waals surface area contributed by atoms with Crippen LogP contribution in [0, 0.1) is 6.92 Å². The highest BCUT2D eigenvalue weighted by atomic mass is 16.5. The van der Waals surface area contributed by atoms with E-state index in [-0.39, 0.29) is 5.97 Å². The third-order valence-electron chi connectivity index (χ3n) is 3.51. The number of esters is 1. The van der Waals surface area contributed by atoms with Crippen LogP contribution in [0.1, 0.15) is 48.8 Å². The van der Waals surface area contributed by atoms with Crippen LogP contribution in [0.25, 0.3) is 0 Å². The predicted molar refractivity (Wildman–Crippen MR) is 75.8 cm³/mol. The number of hydrogen-bond donors (Lipinski definition) is 0. The number of nitrogens with zero attached hydrogens (tertiary/aromatic N) is 2. The van der Waals surface area contributed by atoms with E-state index in [0.29, 0.717) is 18.2 Å². The minimum Gasteiger partial charge on any atom is -0.458 e. The number of carbonyl (C=O) groups is 1. The second-order valence-electron chi connectivity index (χ2n) is 5.31. The summed E-state index contributed by atoms with van der Waals surface area (Å²) in [5.41, 5.74) is 2.56. The quantitative estimate of drug-likeness (QED) is 0.627. The van der Waals surface area contributed by atoms with E-state index in [4.69, 9.17) is 9.47 Å². The largest absolute Gasteiger partial charge is 0.458 e. The number of allylic oxidation sites excluding steroid dienone is 1. The lowest BCUT2D eigenvalue weighted by molar-refractivity contribution is 0.0546. The molecule has 0 bridgehead atoms. The van der Waals surface area contributed by atoms with Crippen molar-refractivity contribution < 1.29 is 14.3 Å². The zero-order valence-corrected chi connectivity index (χ0v) is 12.4. The zero-order chi connectivity index (χ0) is 14.5. The van der Waals surface area contributed by atoms with Crippen molar-refractivity contribution in [3.63, 3.8) is 0 Å². The second kappa shape index (κ2) is 6.70. The van der Waals surface area contributed by atoms with Gasteiger partial charge < -0.3 is 9.47 Å². The Morgan fingerprint density at radius 1 is 1.50 bits per heavy atom. The molecule has 2 rings (SSSR count). The molecule has 1 aliphatic heterocycles. The number of aromatic nitrogens is 2. The van der Waals surface area contributed by atoms with Crippen LogP contribution in [0.3, 0.4) is 0 Å². The van der Waals surface area contributed by atoms with Crippen molar-refractivity contribution in [1.29, 1.82) is 0 Å². The number of carbonyl (C=O) groups excluding carboxylic acids is 1. The molecule has 2 heterocycles. The molecule has 1 fully saturated rings. The second-order valence-corrected chi connectivity index (χ2v) is 5.31. The Kier molecular flexibility index (Phi) is 4.95. The van der Waals surface area contributed by atoms with Gasteiger partial charge in [0.15, 0.2) is 0 Å². The lowest BCUT2D eigenvalue weighted by Crippen LogP contribution is -2.21. The molecule has 5 heteroatoms. The number of rotatable bonds is 4. The van der Waals surface area contributed by atoms with Crippen molar-refractivity contribution in [3.8, 4) is 0 Å². The highest BCUT2D eigenvalue weighted by Gasteiger charge is 2.22. The smallest absolute Gasteiger partial charge is 0.341 e. The number of ether oxygens (including phenoxy) is 2. The molecule has 0 aromatic carbocycles. The van der Waals surface area contributed by atoms with Crippen LogP contribution < -0.4 is 0 Å². The summed E-state index contributed by atoms with van der Waals surface area (Å²) in [5, 5.41) is 4.35. The lowest BCUT2D eigenvalue weighted by atomic mass is 10.1. The van der Waals surface area contributed by atoms with Crippen LogP contribution in [-0.4, -0.2) is 35.6 Å². The van der Waals surface area contributed by atoms with Crippen molar-refractivity contribution in [2.75, 3.05) is 19.8 Å². The minimum absolute atomic E-state index is 0.307. The fourth-order valence-corrected chi connectivity index (χ4v) is 2.28. The summed E-state index contributed by atoms with van der Waals surface area (Å²) in [6.45, 7) is 7.68. The van der Waals surface area contributed by atoms with Crippen LogP contribution in [0.5, 0.6) is 0 Å². The molecular formula is C15H22N2O3. The molecule has 0 saturated carbocycles. The molecular weight excluding hydrogens is 256 g/mol. The molecule has 1 aromatic heterocycles. The Labute approximate surface area is 119 Å². The van der Waals surface area contributed by atoms with Crippen LogP contribution in [-0.2, 0) is 9.47 Å². The summed E-state index contributed by atoms with van der Waals surface area (Å²) < 4.78 is 12.5. The van der Waals surface area contributed by atoms with Crippen molar-refractivity contribution in [2.24, 2.45) is 0 Å². The summed E-state index contributed by atoms with van der Waals surface area (Å²) in [6, 6.07) is 0.322. The molecule has 110 valence electrons. The van der Waals surface area contributed by atoms with Gasteiger partial charge in [0.1, 0.15) is 12.2 Å². The van der Waals surface area contributed by atoms with Crippen LogP contribution >= 0.6 is 0 Å². The van der Waals surface area contributed by atoms with Gasteiger partial charge in [0.25, 0.3) is 0 Å². The van der Waals surface area contributed by atoms with E-state index in [2.05, 4.69) is 5.10 Å². The molecule has 1 aliphatic rings. The first-order valence-electron chi connectivity index (χ1n) is 7.02. The average molecular weight is 278 g/mol. The molecule has 5 nitrogen and oxygen atoms in total. The standard InChI is InChI=1S/C15H22N2O3/c1-11(2)4-9-20-15(18)14-10-16-17(12(14)3)13-5-7-19-8-6-13/h4,10,13H,5-9H2,1-3H3. The van der Waals surface area contributed by atoms with Crippen LogP contribution in [0.4, 0.5) is 0 Å². The van der Waals surface area contributed by atoms with Gasteiger partial charge in [0.2, 0.25) is 0 Å². The zero-order valence-electron chi connectivity index (χ0n) is 12.4. The summed E-state index contributed by atoms with van der Waals surface area (Å²) >= 11 is 0. The normalized spacial score (nSPS) is 15.9. The van der Waals surface area contributed by atoms with Gasteiger partial charge in [0, 0.05) is 13.2 Å². The average Bonchev–Trinajstić information content (AvgIpc) is 2.81. The first-order valence-corrected chi connectivity index (χ1v) is 7.02. The highest BCUT2D eigenvalue weighted by molar-refractivity contribution is 5.90. The van der Waals surface area contributed by atoms with Crippen LogP contribution in [0.15, 0.2) is 17.8 Å². The molecule has 20 heavy (non-hydrogen) atoms. The molecule has 0 amide bonds. The summed E-state index contributed by atoms with van der Waals surface area (Å²) in [5.74, 6) is -0.307. The number of hydrogen-bond acceptors (Lipinski definition) is 4. The van der Waals surface area contributed by atoms with Crippen molar-refractivity contribution in [2.45, 2.75) is 39.7 Å². The Hall–Kier alpha value is -1.62. The monoisotopic (exact) mass is 278 g/mol. The Bertz CT molecular complexity index is 495. The van der Waals surface area contributed by atoms with Gasteiger partial charge in [-0.2, -0.15) is 5.10 Å². The first kappa shape index (κ1) is 14.8. The van der Waals surface area contributed by atoms with Gasteiger partial charge in [0.05, 0.1) is 17.9 Å². The van der Waals surface area contributed by atoms with Gasteiger partial charge in [-0.25, -0.2) is 4.79 Å². The fraction of sp³-hybridized carbons (Fsp3) is 0.600. The van der Waals surface area contributed by atoms with E-state index in [1.807, 2.05) is 31.5 Å². The van der Waals surface area contributed by atoms with Crippen molar-refractivity contribution in [3.05, 3.63) is 29.1 Å². The molecule has 0 unspecified atom stereocenters. The molecule has 1 saturated heterocycles. The van der Waals surface area contributed by atoms with Gasteiger partial charge in [-0.1, -0.05) is 5.57 Å². The molecule has 1 aromatic rings. The summed E-state index contributed by atoms with van der Waals surface area (Å²) in [4.78, 5) is 12.0. The topological polar surface area (TPSA) is 53.3 Å². The third kappa shape index (κ3) is 3.48. The van der Waals surface area contributed by atoms with Gasteiger partial charge in [-0.15, -0.1) is 0 Å². The molecule has 0 aliphatic carbocycles. The molecule has 0 N–H and O–H groups in total. The van der Waals surface area contributed by atoms with Crippen molar-refractivity contribution >= 4 is 5.97 Å². The maximum absolute atomic E-state index is 12.0. The van der Waals surface area contributed by atoms with E-state index < -0.39 is 0 Å². The maximum atomic E-state index is 12.0. The molecule has 0 radical (unpaired) electrons. The fourth-order valence-electron chi connectivity index (χ4n) is 2.28. The van der Waals surface area contributed by atoms with E-state index in [9.17, 15) is 4.79 Å². The van der Waals surface area contributed by atoms with Gasteiger partial charge in [-0.3, -0.25) is 4.68 Å². The van der Waals surface area contributed by atoms with E-state index in [1.165, 1.54) is 0 Å². The summed E-state index contributed by atoms with van der Waals surface area (Å²) in [6.07, 6.45) is 5.37. The molecule has 0 spiro atoms. The Balaban J connectivity index is 2.04. The maximum Gasteiger partial charge on any atom is 0.341 e.